The first-order valence-electron chi connectivity index (χ1n) is 7.94. The van der Waals surface area contributed by atoms with Crippen LogP contribution in [-0.4, -0.2) is 56.8 Å². The van der Waals surface area contributed by atoms with E-state index in [9.17, 15) is 8.42 Å². The molecule has 0 aromatic heterocycles. The predicted octanol–water partition coefficient (Wildman–Crippen LogP) is 1.67. The minimum Gasteiger partial charge on any atom is -0.317 e. The molecule has 0 aromatic carbocycles. The molecule has 0 radical (unpaired) electrons. The number of hydrogen-bond acceptors (Lipinski definition) is 3. The minimum absolute atomic E-state index is 0.586. The molecule has 120 valence electrons. The molecule has 6 heteroatoms. The number of nitrogens with zero attached hydrogens (tertiary/aromatic N) is 2. The second-order valence-electron chi connectivity index (χ2n) is 5.64. The van der Waals surface area contributed by atoms with E-state index < -0.39 is 10.2 Å². The SMILES string of the molecule is CCNCCCN(C)S(=O)(=O)N1CCCC(CC)CC1. The molecule has 1 fully saturated rings. The van der Waals surface area contributed by atoms with Crippen LogP contribution in [0.25, 0.3) is 0 Å². The summed E-state index contributed by atoms with van der Waals surface area (Å²) in [5, 5.41) is 3.22. The third kappa shape index (κ3) is 5.31. The molecule has 0 spiro atoms. The van der Waals surface area contributed by atoms with Gasteiger partial charge in [0.2, 0.25) is 0 Å². The summed E-state index contributed by atoms with van der Waals surface area (Å²) in [5.41, 5.74) is 0. The van der Waals surface area contributed by atoms with Crippen LogP contribution < -0.4 is 5.32 Å². The van der Waals surface area contributed by atoms with E-state index in [1.165, 1.54) is 4.31 Å². The molecule has 1 saturated heterocycles. The van der Waals surface area contributed by atoms with Crippen LogP contribution in [-0.2, 0) is 10.2 Å². The Morgan fingerprint density at radius 3 is 2.65 bits per heavy atom. The van der Waals surface area contributed by atoms with E-state index in [1.807, 2.05) is 0 Å². The van der Waals surface area contributed by atoms with Crippen molar-refractivity contribution in [3.63, 3.8) is 0 Å². The molecule has 0 bridgehead atoms. The maximum absolute atomic E-state index is 12.5. The standard InChI is InChI=1S/C14H31N3O2S/c1-4-14-8-6-12-17(13-9-14)20(18,19)16(3)11-7-10-15-5-2/h14-15H,4-13H2,1-3H3. The van der Waals surface area contributed by atoms with Gasteiger partial charge in [0.15, 0.2) is 0 Å². The Morgan fingerprint density at radius 2 is 2.00 bits per heavy atom. The Labute approximate surface area is 124 Å². The Hall–Kier alpha value is -0.170. The fourth-order valence-electron chi connectivity index (χ4n) is 2.69. The highest BCUT2D eigenvalue weighted by atomic mass is 32.2. The van der Waals surface area contributed by atoms with Gasteiger partial charge >= 0.3 is 0 Å². The molecule has 1 N–H and O–H groups in total. The molecule has 0 amide bonds. The topological polar surface area (TPSA) is 52.7 Å². The number of hydrogen-bond donors (Lipinski definition) is 1. The molecule has 0 aromatic rings. The molecular weight excluding hydrogens is 274 g/mol. The third-order valence-electron chi connectivity index (χ3n) is 4.18. The van der Waals surface area contributed by atoms with Crippen LogP contribution in [0.5, 0.6) is 0 Å². The number of rotatable bonds is 8. The molecule has 1 unspecified atom stereocenters. The van der Waals surface area contributed by atoms with Gasteiger partial charge in [0, 0.05) is 26.7 Å². The summed E-state index contributed by atoms with van der Waals surface area (Å²) < 4.78 is 28.2. The Balaban J connectivity index is 2.49. The van der Waals surface area contributed by atoms with Crippen LogP contribution in [0, 0.1) is 5.92 Å². The van der Waals surface area contributed by atoms with Crippen LogP contribution in [0.4, 0.5) is 0 Å². The first-order valence-corrected chi connectivity index (χ1v) is 9.34. The van der Waals surface area contributed by atoms with Crippen LogP contribution in [0.3, 0.4) is 0 Å². The second kappa shape index (κ2) is 8.97. The van der Waals surface area contributed by atoms with Crippen molar-refractivity contribution < 1.29 is 8.42 Å². The van der Waals surface area contributed by atoms with Crippen molar-refractivity contribution in [3.05, 3.63) is 0 Å². The highest BCUT2D eigenvalue weighted by molar-refractivity contribution is 7.86. The summed E-state index contributed by atoms with van der Waals surface area (Å²) in [6, 6.07) is 0. The first kappa shape index (κ1) is 17.9. The van der Waals surface area contributed by atoms with Gasteiger partial charge in [0.05, 0.1) is 0 Å². The molecule has 1 aliphatic heterocycles. The lowest BCUT2D eigenvalue weighted by molar-refractivity contribution is 0.357. The second-order valence-corrected chi connectivity index (χ2v) is 7.68. The predicted molar refractivity (Wildman–Crippen MR) is 83.9 cm³/mol. The van der Waals surface area contributed by atoms with Gasteiger partial charge < -0.3 is 5.32 Å². The van der Waals surface area contributed by atoms with Gasteiger partial charge in [-0.25, -0.2) is 0 Å². The van der Waals surface area contributed by atoms with Crippen molar-refractivity contribution in [2.45, 2.75) is 46.0 Å². The van der Waals surface area contributed by atoms with Gasteiger partial charge in [0.1, 0.15) is 0 Å². The zero-order valence-corrected chi connectivity index (χ0v) is 14.1. The average molecular weight is 305 g/mol. The average Bonchev–Trinajstić information content (AvgIpc) is 2.69. The lowest BCUT2D eigenvalue weighted by Gasteiger charge is -2.26. The van der Waals surface area contributed by atoms with Gasteiger partial charge in [-0.05, 0) is 44.7 Å². The van der Waals surface area contributed by atoms with E-state index in [4.69, 9.17) is 0 Å². The fourth-order valence-corrected chi connectivity index (χ4v) is 4.14. The van der Waals surface area contributed by atoms with Gasteiger partial charge in [0.25, 0.3) is 10.2 Å². The molecule has 0 saturated carbocycles. The largest absolute Gasteiger partial charge is 0.317 e. The van der Waals surface area contributed by atoms with Crippen LogP contribution in [0.15, 0.2) is 0 Å². The Kier molecular flexibility index (Phi) is 8.02. The molecule has 20 heavy (non-hydrogen) atoms. The smallest absolute Gasteiger partial charge is 0.281 e. The molecule has 0 aliphatic carbocycles. The Morgan fingerprint density at radius 1 is 1.25 bits per heavy atom. The molecule has 1 heterocycles. The lowest BCUT2D eigenvalue weighted by Crippen LogP contribution is -2.43. The van der Waals surface area contributed by atoms with Crippen molar-refractivity contribution in [1.82, 2.24) is 13.9 Å². The third-order valence-corrected chi connectivity index (χ3v) is 6.17. The van der Waals surface area contributed by atoms with Crippen LogP contribution in [0.1, 0.15) is 46.0 Å². The zero-order valence-electron chi connectivity index (χ0n) is 13.3. The molecular formula is C14H31N3O2S. The van der Waals surface area contributed by atoms with Gasteiger partial charge in [-0.2, -0.15) is 17.0 Å². The summed E-state index contributed by atoms with van der Waals surface area (Å²) >= 11 is 0. The van der Waals surface area contributed by atoms with E-state index in [-0.39, 0.29) is 0 Å². The summed E-state index contributed by atoms with van der Waals surface area (Å²) in [6.07, 6.45) is 5.16. The van der Waals surface area contributed by atoms with E-state index in [2.05, 4.69) is 19.2 Å². The fraction of sp³-hybridized carbons (Fsp3) is 1.00. The van der Waals surface area contributed by atoms with E-state index >= 15 is 0 Å². The van der Waals surface area contributed by atoms with Crippen molar-refractivity contribution in [2.24, 2.45) is 5.92 Å². The molecule has 1 aliphatic rings. The highest BCUT2D eigenvalue weighted by Gasteiger charge is 2.28. The van der Waals surface area contributed by atoms with Crippen LogP contribution in [0.2, 0.25) is 0 Å². The normalized spacial score (nSPS) is 22.1. The van der Waals surface area contributed by atoms with E-state index in [1.54, 1.807) is 11.4 Å². The quantitative estimate of drug-likeness (QED) is 0.694. The summed E-state index contributed by atoms with van der Waals surface area (Å²) in [5.74, 6) is 0.689. The monoisotopic (exact) mass is 305 g/mol. The first-order chi connectivity index (χ1) is 9.52. The van der Waals surface area contributed by atoms with Gasteiger partial charge in [-0.1, -0.05) is 20.3 Å². The maximum atomic E-state index is 12.5. The summed E-state index contributed by atoms with van der Waals surface area (Å²) in [6.45, 7) is 8.00. The van der Waals surface area contributed by atoms with Crippen molar-refractivity contribution in [3.8, 4) is 0 Å². The van der Waals surface area contributed by atoms with Gasteiger partial charge in [-0.15, -0.1) is 0 Å². The van der Waals surface area contributed by atoms with E-state index in [0.717, 1.165) is 45.2 Å². The Bertz CT molecular complexity index is 359. The highest BCUT2D eigenvalue weighted by Crippen LogP contribution is 2.22. The molecule has 1 atom stereocenters. The van der Waals surface area contributed by atoms with Crippen molar-refractivity contribution >= 4 is 10.2 Å². The zero-order chi connectivity index (χ0) is 15.0. The summed E-state index contributed by atoms with van der Waals surface area (Å²) in [7, 11) is -1.57. The lowest BCUT2D eigenvalue weighted by atomic mass is 9.98. The van der Waals surface area contributed by atoms with E-state index in [0.29, 0.717) is 25.6 Å². The van der Waals surface area contributed by atoms with Crippen molar-refractivity contribution in [1.29, 1.82) is 0 Å². The maximum Gasteiger partial charge on any atom is 0.281 e. The number of nitrogens with one attached hydrogen (secondary N) is 1. The van der Waals surface area contributed by atoms with Gasteiger partial charge in [-0.3, -0.25) is 0 Å². The minimum atomic E-state index is -3.27. The summed E-state index contributed by atoms with van der Waals surface area (Å²) in [4.78, 5) is 0. The van der Waals surface area contributed by atoms with Crippen molar-refractivity contribution in [2.75, 3.05) is 39.8 Å². The van der Waals surface area contributed by atoms with Crippen LogP contribution >= 0.6 is 0 Å². The molecule has 1 rings (SSSR count). The molecule has 5 nitrogen and oxygen atoms in total.